The van der Waals surface area contributed by atoms with E-state index in [0.29, 0.717) is 24.9 Å². The van der Waals surface area contributed by atoms with Gasteiger partial charge in [0.15, 0.2) is 0 Å². The number of imidazole rings is 1. The maximum absolute atomic E-state index is 14.6. The molecular weight excluding hydrogens is 487 g/mol. The van der Waals surface area contributed by atoms with E-state index in [4.69, 9.17) is 0 Å². The molecule has 0 aliphatic carbocycles. The number of alkyl halides is 5. The van der Waals surface area contributed by atoms with Crippen molar-refractivity contribution >= 4 is 11.0 Å². The summed E-state index contributed by atoms with van der Waals surface area (Å²) >= 11 is 0. The third kappa shape index (κ3) is 5.10. The van der Waals surface area contributed by atoms with Crippen LogP contribution < -0.4 is 0 Å². The Balaban J connectivity index is 1.29. The van der Waals surface area contributed by atoms with Gasteiger partial charge >= 0.3 is 6.18 Å². The average molecular weight is 514 g/mol. The van der Waals surface area contributed by atoms with E-state index in [-0.39, 0.29) is 47.9 Å². The Labute approximate surface area is 203 Å². The van der Waals surface area contributed by atoms with E-state index in [0.717, 1.165) is 43.2 Å². The summed E-state index contributed by atoms with van der Waals surface area (Å²) in [6.45, 7) is 0.462. The topological polar surface area (TPSA) is 21.1 Å². The molecule has 2 saturated heterocycles. The average Bonchev–Trinajstić information content (AvgIpc) is 3.24. The van der Waals surface area contributed by atoms with Crippen molar-refractivity contribution in [3.8, 4) is 0 Å². The highest BCUT2D eigenvalue weighted by Gasteiger charge is 2.43. The van der Waals surface area contributed by atoms with Crippen LogP contribution in [-0.4, -0.2) is 39.3 Å². The number of halogens is 7. The first kappa shape index (κ1) is 25.0. The molecule has 1 aromatic heterocycles. The quantitative estimate of drug-likeness (QED) is 0.313. The molecule has 0 spiro atoms. The molecule has 194 valence electrons. The fraction of sp³-hybridized carbons (Fsp3) is 0.500. The van der Waals surface area contributed by atoms with Crippen LogP contribution in [0.2, 0.25) is 0 Å². The van der Waals surface area contributed by atoms with E-state index < -0.39 is 30.2 Å². The van der Waals surface area contributed by atoms with Gasteiger partial charge in [-0.25, -0.2) is 22.5 Å². The van der Waals surface area contributed by atoms with Gasteiger partial charge in [0.2, 0.25) is 0 Å². The standard InChI is InChI=1S/C26H26F7N3/c27-17-4-2-16(3-5-17)25(29,30)10-1-11-35-19-7-8-20(35)14-21(13-19)36-23-9-6-18(28)12-22(23)34-24(36)15-26(31,32)33/h2-6,9,12,19-21H,1,7-8,10-11,13-15H2. The number of piperidine rings is 1. The summed E-state index contributed by atoms with van der Waals surface area (Å²) in [5.74, 6) is -4.32. The molecule has 2 aliphatic rings. The monoisotopic (exact) mass is 513 g/mol. The minimum absolute atomic E-state index is 0.0739. The first-order valence-corrected chi connectivity index (χ1v) is 12.1. The third-order valence-electron chi connectivity index (χ3n) is 7.48. The lowest BCUT2D eigenvalue weighted by atomic mass is 9.95. The molecule has 36 heavy (non-hydrogen) atoms. The molecule has 5 rings (SSSR count). The van der Waals surface area contributed by atoms with Crippen molar-refractivity contribution in [1.29, 1.82) is 0 Å². The second-order valence-electron chi connectivity index (χ2n) is 9.89. The van der Waals surface area contributed by atoms with Crippen molar-refractivity contribution in [2.45, 2.75) is 75.2 Å². The summed E-state index contributed by atoms with van der Waals surface area (Å²) in [5, 5.41) is 0. The molecule has 0 saturated carbocycles. The van der Waals surface area contributed by atoms with Crippen molar-refractivity contribution < 1.29 is 30.7 Å². The molecule has 3 aromatic rings. The zero-order valence-electron chi connectivity index (χ0n) is 19.4. The zero-order chi connectivity index (χ0) is 25.7. The Hall–Kier alpha value is -2.62. The summed E-state index contributed by atoms with van der Waals surface area (Å²) in [7, 11) is 0. The maximum atomic E-state index is 14.6. The van der Waals surface area contributed by atoms with E-state index in [9.17, 15) is 30.7 Å². The third-order valence-corrected chi connectivity index (χ3v) is 7.48. The maximum Gasteiger partial charge on any atom is 0.396 e. The van der Waals surface area contributed by atoms with Gasteiger partial charge in [-0.2, -0.15) is 13.2 Å². The molecule has 2 atom stereocenters. The predicted octanol–water partition coefficient (Wildman–Crippen LogP) is 7.16. The first-order valence-electron chi connectivity index (χ1n) is 12.1. The van der Waals surface area contributed by atoms with Crippen molar-refractivity contribution in [3.05, 3.63) is 65.5 Å². The number of rotatable bonds is 7. The largest absolute Gasteiger partial charge is 0.396 e. The van der Waals surface area contributed by atoms with Crippen LogP contribution in [0, 0.1) is 11.6 Å². The number of aromatic nitrogens is 2. The zero-order valence-corrected chi connectivity index (χ0v) is 19.4. The Morgan fingerprint density at radius 2 is 1.47 bits per heavy atom. The second-order valence-corrected chi connectivity index (χ2v) is 9.89. The molecule has 0 radical (unpaired) electrons. The van der Waals surface area contributed by atoms with E-state index >= 15 is 0 Å². The summed E-state index contributed by atoms with van der Waals surface area (Å²) < 4.78 is 97.5. The highest BCUT2D eigenvalue weighted by atomic mass is 19.4. The van der Waals surface area contributed by atoms with Crippen LogP contribution in [-0.2, 0) is 12.3 Å². The van der Waals surface area contributed by atoms with E-state index in [1.807, 2.05) is 0 Å². The minimum Gasteiger partial charge on any atom is -0.324 e. The van der Waals surface area contributed by atoms with Gasteiger partial charge < -0.3 is 4.57 Å². The summed E-state index contributed by atoms with van der Waals surface area (Å²) in [6, 6.07) is 8.02. The van der Waals surface area contributed by atoms with Gasteiger partial charge in [-0.3, -0.25) is 4.90 Å². The fourth-order valence-electron chi connectivity index (χ4n) is 5.98. The number of hydrogen-bond acceptors (Lipinski definition) is 2. The molecule has 0 N–H and O–H groups in total. The summed E-state index contributed by atoms with van der Waals surface area (Å²) in [4.78, 5) is 6.32. The van der Waals surface area contributed by atoms with Crippen molar-refractivity contribution in [2.24, 2.45) is 0 Å². The van der Waals surface area contributed by atoms with Crippen LogP contribution in [0.4, 0.5) is 30.7 Å². The van der Waals surface area contributed by atoms with Crippen LogP contribution in [0.5, 0.6) is 0 Å². The lowest BCUT2D eigenvalue weighted by Crippen LogP contribution is -2.44. The highest BCUT2D eigenvalue weighted by Crippen LogP contribution is 2.43. The smallest absolute Gasteiger partial charge is 0.324 e. The molecule has 3 heterocycles. The van der Waals surface area contributed by atoms with Gasteiger partial charge in [-0.15, -0.1) is 0 Å². The van der Waals surface area contributed by atoms with Crippen LogP contribution >= 0.6 is 0 Å². The number of benzene rings is 2. The lowest BCUT2D eigenvalue weighted by Gasteiger charge is -2.40. The highest BCUT2D eigenvalue weighted by molar-refractivity contribution is 5.76. The number of nitrogens with zero attached hydrogens (tertiary/aromatic N) is 3. The van der Waals surface area contributed by atoms with Gasteiger partial charge in [0.25, 0.3) is 5.92 Å². The number of hydrogen-bond donors (Lipinski definition) is 0. The van der Waals surface area contributed by atoms with Gasteiger partial charge in [0, 0.05) is 36.2 Å². The van der Waals surface area contributed by atoms with Gasteiger partial charge in [0.05, 0.1) is 11.0 Å². The van der Waals surface area contributed by atoms with Crippen LogP contribution in [0.15, 0.2) is 42.5 Å². The lowest BCUT2D eigenvalue weighted by molar-refractivity contribution is -0.129. The minimum atomic E-state index is -4.45. The molecule has 2 unspecified atom stereocenters. The molecule has 0 amide bonds. The normalized spacial score (nSPS) is 23.0. The second kappa shape index (κ2) is 9.36. The summed E-state index contributed by atoms with van der Waals surface area (Å²) in [5.41, 5.74) is 0.464. The Morgan fingerprint density at radius 1 is 0.833 bits per heavy atom. The van der Waals surface area contributed by atoms with E-state index in [2.05, 4.69) is 9.88 Å². The fourth-order valence-corrected chi connectivity index (χ4v) is 5.98. The van der Waals surface area contributed by atoms with Gasteiger partial charge in [-0.05, 0) is 62.9 Å². The molecule has 2 aromatic carbocycles. The van der Waals surface area contributed by atoms with Crippen molar-refractivity contribution in [3.63, 3.8) is 0 Å². The molecule has 2 aliphatic heterocycles. The van der Waals surface area contributed by atoms with Crippen molar-refractivity contribution in [1.82, 2.24) is 14.5 Å². The predicted molar refractivity (Wildman–Crippen MR) is 121 cm³/mol. The van der Waals surface area contributed by atoms with Gasteiger partial charge in [0.1, 0.15) is 23.9 Å². The summed E-state index contributed by atoms with van der Waals surface area (Å²) in [6.07, 6.45) is -2.90. The molecule has 2 bridgehead atoms. The Kier molecular flexibility index (Phi) is 6.51. The molecular formula is C26H26F7N3. The van der Waals surface area contributed by atoms with Gasteiger partial charge in [-0.1, -0.05) is 12.1 Å². The Bertz CT molecular complexity index is 1200. The van der Waals surface area contributed by atoms with Crippen LogP contribution in [0.1, 0.15) is 56.0 Å². The number of fused-ring (bicyclic) bond motifs is 3. The van der Waals surface area contributed by atoms with E-state index in [1.165, 1.54) is 12.1 Å². The first-order chi connectivity index (χ1) is 17.0. The molecule has 3 nitrogen and oxygen atoms in total. The molecule has 2 fully saturated rings. The SMILES string of the molecule is Fc1ccc(C(F)(F)CCCN2C3CCC2CC(n2c(CC(F)(F)F)nc4cc(F)ccc42)C3)cc1. The van der Waals surface area contributed by atoms with E-state index in [1.54, 1.807) is 4.57 Å². The Morgan fingerprint density at radius 3 is 2.11 bits per heavy atom. The van der Waals surface area contributed by atoms with Crippen molar-refractivity contribution in [2.75, 3.05) is 6.54 Å². The van der Waals surface area contributed by atoms with Crippen LogP contribution in [0.25, 0.3) is 11.0 Å². The molecule has 10 heteroatoms. The van der Waals surface area contributed by atoms with Crippen LogP contribution in [0.3, 0.4) is 0 Å².